The molecular weight excluding hydrogens is 252 g/mol. The van der Waals surface area contributed by atoms with Crippen molar-refractivity contribution >= 4 is 0 Å². The fourth-order valence-electron chi connectivity index (χ4n) is 1.50. The molecule has 0 rings (SSSR count). The van der Waals surface area contributed by atoms with Crippen molar-refractivity contribution in [1.82, 2.24) is 0 Å². The van der Waals surface area contributed by atoms with Crippen molar-refractivity contribution in [2.75, 3.05) is 61.5 Å². The van der Waals surface area contributed by atoms with Gasteiger partial charge in [-0.05, 0) is 6.92 Å². The topological polar surface area (TPSA) is 55.4 Å². The van der Waals surface area contributed by atoms with Gasteiger partial charge < -0.3 is 28.4 Å². The SMILES string of the molecule is COCC(C)OCC(COC)OCC(COC)OC. The molecule has 0 heterocycles. The van der Waals surface area contributed by atoms with Gasteiger partial charge in [0.25, 0.3) is 0 Å². The van der Waals surface area contributed by atoms with Gasteiger partial charge in [0.15, 0.2) is 0 Å². The molecule has 0 fully saturated rings. The molecule has 3 unspecified atom stereocenters. The zero-order chi connectivity index (χ0) is 14.5. The average Bonchev–Trinajstić information content (AvgIpc) is 2.40. The van der Waals surface area contributed by atoms with Gasteiger partial charge in [0, 0.05) is 28.4 Å². The molecule has 0 N–H and O–H groups in total. The molecule has 0 aromatic carbocycles. The Morgan fingerprint density at radius 1 is 0.632 bits per heavy atom. The highest BCUT2D eigenvalue weighted by atomic mass is 16.6. The van der Waals surface area contributed by atoms with Crippen molar-refractivity contribution in [3.63, 3.8) is 0 Å². The van der Waals surface area contributed by atoms with Crippen LogP contribution in [0.25, 0.3) is 0 Å². The maximum atomic E-state index is 5.72. The molecule has 0 radical (unpaired) electrons. The minimum Gasteiger partial charge on any atom is -0.382 e. The highest BCUT2D eigenvalue weighted by Gasteiger charge is 2.15. The Kier molecular flexibility index (Phi) is 12.6. The number of rotatable bonds is 13. The largest absolute Gasteiger partial charge is 0.382 e. The molecule has 3 atom stereocenters. The van der Waals surface area contributed by atoms with E-state index in [9.17, 15) is 0 Å². The molecular formula is C13H28O6. The summed E-state index contributed by atoms with van der Waals surface area (Å²) in [6, 6.07) is 0. The summed E-state index contributed by atoms with van der Waals surface area (Å²) in [5, 5.41) is 0. The van der Waals surface area contributed by atoms with E-state index in [1.807, 2.05) is 6.92 Å². The van der Waals surface area contributed by atoms with Crippen LogP contribution in [0.5, 0.6) is 0 Å². The summed E-state index contributed by atoms with van der Waals surface area (Å²) in [5.41, 5.74) is 0. The fraction of sp³-hybridized carbons (Fsp3) is 1.00. The van der Waals surface area contributed by atoms with Gasteiger partial charge in [-0.15, -0.1) is 0 Å². The zero-order valence-electron chi connectivity index (χ0n) is 12.7. The standard InChI is InChI=1S/C13H28O6/c1-11(6-14-2)18-10-13(8-16-4)19-9-12(17-5)7-15-3/h11-13H,6-10H2,1-5H3. The molecule has 0 bridgehead atoms. The Morgan fingerprint density at radius 3 is 1.68 bits per heavy atom. The first-order chi connectivity index (χ1) is 9.17. The van der Waals surface area contributed by atoms with Gasteiger partial charge in [0.1, 0.15) is 12.2 Å². The van der Waals surface area contributed by atoms with E-state index < -0.39 is 0 Å². The van der Waals surface area contributed by atoms with E-state index in [4.69, 9.17) is 28.4 Å². The summed E-state index contributed by atoms with van der Waals surface area (Å²) in [4.78, 5) is 0. The van der Waals surface area contributed by atoms with Gasteiger partial charge in [0.05, 0.1) is 39.1 Å². The third kappa shape index (κ3) is 10.2. The zero-order valence-corrected chi connectivity index (χ0v) is 12.7. The highest BCUT2D eigenvalue weighted by Crippen LogP contribution is 2.02. The third-order valence-electron chi connectivity index (χ3n) is 2.52. The Balaban J connectivity index is 3.95. The van der Waals surface area contributed by atoms with Gasteiger partial charge >= 0.3 is 0 Å². The quantitative estimate of drug-likeness (QED) is 0.496. The second-order valence-electron chi connectivity index (χ2n) is 4.32. The third-order valence-corrected chi connectivity index (χ3v) is 2.52. The Bertz CT molecular complexity index is 190. The maximum Gasteiger partial charge on any atom is 0.104 e. The lowest BCUT2D eigenvalue weighted by Crippen LogP contribution is -2.33. The lowest BCUT2D eigenvalue weighted by Gasteiger charge is -2.22. The van der Waals surface area contributed by atoms with E-state index in [1.54, 1.807) is 28.4 Å². The van der Waals surface area contributed by atoms with Gasteiger partial charge in [0.2, 0.25) is 0 Å². The molecule has 6 nitrogen and oxygen atoms in total. The van der Waals surface area contributed by atoms with Crippen LogP contribution in [0.15, 0.2) is 0 Å². The fourth-order valence-corrected chi connectivity index (χ4v) is 1.50. The van der Waals surface area contributed by atoms with Crippen LogP contribution in [-0.4, -0.2) is 79.8 Å². The predicted octanol–water partition coefficient (Wildman–Crippen LogP) is 0.731. The number of ether oxygens (including phenoxy) is 6. The normalized spacial score (nSPS) is 16.3. The Labute approximate surface area is 116 Å². The second kappa shape index (κ2) is 12.8. The molecule has 0 aromatic heterocycles. The first kappa shape index (κ1) is 18.8. The van der Waals surface area contributed by atoms with Crippen molar-refractivity contribution in [3.8, 4) is 0 Å². The molecule has 0 aliphatic rings. The summed E-state index contributed by atoms with van der Waals surface area (Å²) in [5.74, 6) is 0. The van der Waals surface area contributed by atoms with Crippen molar-refractivity contribution in [3.05, 3.63) is 0 Å². The summed E-state index contributed by atoms with van der Waals surface area (Å²) in [6.07, 6.45) is -0.176. The molecule has 0 saturated carbocycles. The van der Waals surface area contributed by atoms with Gasteiger partial charge in [-0.25, -0.2) is 0 Å². The highest BCUT2D eigenvalue weighted by molar-refractivity contribution is 4.61. The summed E-state index contributed by atoms with van der Waals surface area (Å²) in [7, 11) is 6.55. The van der Waals surface area contributed by atoms with E-state index in [2.05, 4.69) is 0 Å². The molecule has 116 valence electrons. The Morgan fingerprint density at radius 2 is 1.16 bits per heavy atom. The van der Waals surface area contributed by atoms with Crippen molar-refractivity contribution < 1.29 is 28.4 Å². The smallest absolute Gasteiger partial charge is 0.104 e. The molecule has 0 spiro atoms. The van der Waals surface area contributed by atoms with Gasteiger partial charge in [-0.3, -0.25) is 0 Å². The number of methoxy groups -OCH3 is 4. The lowest BCUT2D eigenvalue weighted by molar-refractivity contribution is -0.107. The van der Waals surface area contributed by atoms with Crippen LogP contribution < -0.4 is 0 Å². The Hall–Kier alpha value is -0.240. The minimum atomic E-state index is -0.126. The van der Waals surface area contributed by atoms with Crippen molar-refractivity contribution in [2.45, 2.75) is 25.2 Å². The summed E-state index contributed by atoms with van der Waals surface area (Å²) in [6.45, 7) is 4.39. The van der Waals surface area contributed by atoms with Crippen molar-refractivity contribution in [2.24, 2.45) is 0 Å². The first-order valence-corrected chi connectivity index (χ1v) is 6.40. The molecule has 0 aliphatic carbocycles. The predicted molar refractivity (Wildman–Crippen MR) is 71.6 cm³/mol. The van der Waals surface area contributed by atoms with Crippen LogP contribution in [0, 0.1) is 0 Å². The number of hydrogen-bond acceptors (Lipinski definition) is 6. The van der Waals surface area contributed by atoms with E-state index in [0.717, 1.165) is 0 Å². The molecule has 0 saturated heterocycles. The van der Waals surface area contributed by atoms with Crippen LogP contribution >= 0.6 is 0 Å². The van der Waals surface area contributed by atoms with Crippen molar-refractivity contribution in [1.29, 1.82) is 0 Å². The van der Waals surface area contributed by atoms with E-state index in [1.165, 1.54) is 0 Å². The molecule has 19 heavy (non-hydrogen) atoms. The molecule has 6 heteroatoms. The molecule has 0 aliphatic heterocycles. The van der Waals surface area contributed by atoms with Crippen LogP contribution in [0.2, 0.25) is 0 Å². The van der Waals surface area contributed by atoms with Crippen LogP contribution in [0.4, 0.5) is 0 Å². The molecule has 0 amide bonds. The molecule has 0 aromatic rings. The van der Waals surface area contributed by atoms with E-state index in [-0.39, 0.29) is 18.3 Å². The van der Waals surface area contributed by atoms with Gasteiger partial charge in [-0.1, -0.05) is 0 Å². The average molecular weight is 280 g/mol. The lowest BCUT2D eigenvalue weighted by atomic mass is 10.3. The van der Waals surface area contributed by atoms with Crippen LogP contribution in [-0.2, 0) is 28.4 Å². The van der Waals surface area contributed by atoms with Crippen LogP contribution in [0.3, 0.4) is 0 Å². The minimum absolute atomic E-state index is 0.0325. The van der Waals surface area contributed by atoms with Crippen LogP contribution in [0.1, 0.15) is 6.92 Å². The summed E-state index contributed by atoms with van der Waals surface area (Å²) < 4.78 is 31.7. The van der Waals surface area contributed by atoms with E-state index in [0.29, 0.717) is 33.0 Å². The monoisotopic (exact) mass is 280 g/mol. The number of hydrogen-bond donors (Lipinski definition) is 0. The second-order valence-corrected chi connectivity index (χ2v) is 4.32. The van der Waals surface area contributed by atoms with E-state index >= 15 is 0 Å². The van der Waals surface area contributed by atoms with Gasteiger partial charge in [-0.2, -0.15) is 0 Å². The first-order valence-electron chi connectivity index (χ1n) is 6.40. The maximum absolute atomic E-state index is 5.72. The summed E-state index contributed by atoms with van der Waals surface area (Å²) >= 11 is 0.